The molecule has 2 heterocycles. The fourth-order valence-corrected chi connectivity index (χ4v) is 3.71. The van der Waals surface area contributed by atoms with Gasteiger partial charge in [0.05, 0.1) is 31.6 Å². The van der Waals surface area contributed by atoms with Crippen LogP contribution in [0.5, 0.6) is 11.5 Å². The standard InChI is InChI=1S/C24H33N5O4/c1-15(2)21-17-13-26-29(24(3,4)5)22(17)23(31)28(27-21)14-20(30)25-11-10-16-8-9-18(32-6)19(12-16)33-7/h8-9,12-13,15H,10-11,14H2,1-7H3,(H,25,30). The highest BCUT2D eigenvalue weighted by atomic mass is 16.5. The van der Waals surface area contributed by atoms with Gasteiger partial charge >= 0.3 is 0 Å². The summed E-state index contributed by atoms with van der Waals surface area (Å²) < 4.78 is 13.5. The van der Waals surface area contributed by atoms with Gasteiger partial charge in [-0.15, -0.1) is 0 Å². The Balaban J connectivity index is 1.78. The third-order valence-corrected chi connectivity index (χ3v) is 5.37. The van der Waals surface area contributed by atoms with E-state index in [0.29, 0.717) is 30.0 Å². The smallest absolute Gasteiger partial charge is 0.293 e. The number of fused-ring (bicyclic) bond motifs is 1. The van der Waals surface area contributed by atoms with E-state index in [1.807, 2.05) is 52.8 Å². The molecule has 0 saturated carbocycles. The highest BCUT2D eigenvalue weighted by Crippen LogP contribution is 2.27. The lowest BCUT2D eigenvalue weighted by Gasteiger charge is -2.21. The molecule has 3 aromatic rings. The number of ether oxygens (including phenoxy) is 2. The summed E-state index contributed by atoms with van der Waals surface area (Å²) in [7, 11) is 3.17. The predicted molar refractivity (Wildman–Crippen MR) is 127 cm³/mol. The Labute approximate surface area is 193 Å². The highest BCUT2D eigenvalue weighted by molar-refractivity contribution is 5.81. The molecule has 0 fully saturated rings. The Morgan fingerprint density at radius 3 is 2.45 bits per heavy atom. The number of benzene rings is 1. The van der Waals surface area contributed by atoms with E-state index in [2.05, 4.69) is 15.5 Å². The number of nitrogens with zero attached hydrogens (tertiary/aromatic N) is 4. The second kappa shape index (κ2) is 9.64. The van der Waals surface area contributed by atoms with Crippen LogP contribution in [-0.4, -0.2) is 46.2 Å². The molecule has 1 aromatic carbocycles. The molecule has 1 amide bonds. The average molecular weight is 456 g/mol. The van der Waals surface area contributed by atoms with Gasteiger partial charge in [0, 0.05) is 11.9 Å². The minimum atomic E-state index is -0.379. The van der Waals surface area contributed by atoms with Crippen LogP contribution in [0.3, 0.4) is 0 Å². The van der Waals surface area contributed by atoms with Gasteiger partial charge in [0.25, 0.3) is 5.56 Å². The first-order valence-electron chi connectivity index (χ1n) is 11.0. The SMILES string of the molecule is COc1ccc(CCNC(=O)Cn2nc(C(C)C)c3cnn(C(C)(C)C)c3c2=O)cc1OC. The second-order valence-corrected chi connectivity index (χ2v) is 9.28. The van der Waals surface area contributed by atoms with E-state index in [4.69, 9.17) is 9.47 Å². The Hall–Kier alpha value is -3.36. The van der Waals surface area contributed by atoms with Gasteiger partial charge in [-0.05, 0) is 50.8 Å². The summed E-state index contributed by atoms with van der Waals surface area (Å²) in [4.78, 5) is 25.9. The van der Waals surface area contributed by atoms with Gasteiger partial charge in [0.1, 0.15) is 12.1 Å². The monoisotopic (exact) mass is 455 g/mol. The molecule has 9 heteroatoms. The fourth-order valence-electron chi connectivity index (χ4n) is 3.71. The first-order valence-corrected chi connectivity index (χ1v) is 11.0. The van der Waals surface area contributed by atoms with Crippen LogP contribution in [0.25, 0.3) is 10.9 Å². The van der Waals surface area contributed by atoms with Gasteiger partial charge in [0.2, 0.25) is 5.91 Å². The van der Waals surface area contributed by atoms with Crippen molar-refractivity contribution in [3.63, 3.8) is 0 Å². The molecule has 0 aliphatic heterocycles. The third-order valence-electron chi connectivity index (χ3n) is 5.37. The third kappa shape index (κ3) is 5.18. The minimum Gasteiger partial charge on any atom is -0.493 e. The summed E-state index contributed by atoms with van der Waals surface area (Å²) in [6, 6.07) is 5.64. The Morgan fingerprint density at radius 2 is 1.85 bits per heavy atom. The molecule has 178 valence electrons. The van der Waals surface area contributed by atoms with Gasteiger partial charge in [0.15, 0.2) is 11.5 Å². The molecule has 0 saturated heterocycles. The maximum Gasteiger partial charge on any atom is 0.293 e. The highest BCUT2D eigenvalue weighted by Gasteiger charge is 2.24. The van der Waals surface area contributed by atoms with Crippen LogP contribution in [0.15, 0.2) is 29.2 Å². The number of rotatable bonds is 8. The zero-order chi connectivity index (χ0) is 24.3. The lowest BCUT2D eigenvalue weighted by atomic mass is 10.1. The van der Waals surface area contributed by atoms with Gasteiger partial charge in [-0.1, -0.05) is 19.9 Å². The summed E-state index contributed by atoms with van der Waals surface area (Å²) in [6.07, 6.45) is 2.30. The number of carbonyl (C=O) groups excluding carboxylic acids is 1. The number of methoxy groups -OCH3 is 2. The van der Waals surface area contributed by atoms with Gasteiger partial charge in [-0.25, -0.2) is 4.68 Å². The van der Waals surface area contributed by atoms with Crippen molar-refractivity contribution in [1.29, 1.82) is 0 Å². The molecule has 33 heavy (non-hydrogen) atoms. The van der Waals surface area contributed by atoms with Crippen LogP contribution >= 0.6 is 0 Å². The van der Waals surface area contributed by atoms with Crippen LogP contribution in [0.1, 0.15) is 51.8 Å². The Morgan fingerprint density at radius 1 is 1.15 bits per heavy atom. The lowest BCUT2D eigenvalue weighted by Crippen LogP contribution is -2.36. The first-order chi connectivity index (χ1) is 15.6. The van der Waals surface area contributed by atoms with Crippen molar-refractivity contribution < 1.29 is 14.3 Å². The zero-order valence-corrected chi connectivity index (χ0v) is 20.4. The average Bonchev–Trinajstić information content (AvgIpc) is 3.21. The van der Waals surface area contributed by atoms with Crippen molar-refractivity contribution in [2.24, 2.45) is 0 Å². The van der Waals surface area contributed by atoms with Gasteiger partial charge in [-0.3, -0.25) is 14.3 Å². The summed E-state index contributed by atoms with van der Waals surface area (Å²) in [5.74, 6) is 1.09. The Kier molecular flexibility index (Phi) is 7.09. The molecule has 0 spiro atoms. The number of amides is 1. The van der Waals surface area contributed by atoms with Crippen LogP contribution in [-0.2, 0) is 23.3 Å². The van der Waals surface area contributed by atoms with Gasteiger partial charge in [-0.2, -0.15) is 10.2 Å². The molecule has 9 nitrogen and oxygen atoms in total. The maximum atomic E-state index is 13.2. The molecule has 0 radical (unpaired) electrons. The van der Waals surface area contributed by atoms with E-state index in [1.165, 1.54) is 4.68 Å². The van der Waals surface area contributed by atoms with E-state index < -0.39 is 0 Å². The maximum absolute atomic E-state index is 13.2. The fraction of sp³-hybridized carbons (Fsp3) is 0.500. The number of hydrogen-bond acceptors (Lipinski definition) is 6. The molecule has 2 aromatic heterocycles. The van der Waals surface area contributed by atoms with Crippen molar-refractivity contribution in [3.8, 4) is 11.5 Å². The molecule has 0 bridgehead atoms. The van der Waals surface area contributed by atoms with Crippen molar-refractivity contribution >= 4 is 16.8 Å². The van der Waals surface area contributed by atoms with Crippen LogP contribution in [0.4, 0.5) is 0 Å². The zero-order valence-electron chi connectivity index (χ0n) is 20.4. The molecule has 0 unspecified atom stereocenters. The molecule has 3 rings (SSSR count). The van der Waals surface area contributed by atoms with E-state index in [9.17, 15) is 9.59 Å². The van der Waals surface area contributed by atoms with Crippen LogP contribution < -0.4 is 20.3 Å². The Bertz CT molecular complexity index is 1200. The summed E-state index contributed by atoms with van der Waals surface area (Å²) >= 11 is 0. The molecular weight excluding hydrogens is 422 g/mol. The number of carbonyl (C=O) groups is 1. The van der Waals surface area contributed by atoms with Crippen LogP contribution in [0.2, 0.25) is 0 Å². The largest absolute Gasteiger partial charge is 0.493 e. The minimum absolute atomic E-state index is 0.0741. The van der Waals surface area contributed by atoms with E-state index >= 15 is 0 Å². The van der Waals surface area contributed by atoms with E-state index in [1.54, 1.807) is 25.1 Å². The van der Waals surface area contributed by atoms with Gasteiger partial charge < -0.3 is 14.8 Å². The second-order valence-electron chi connectivity index (χ2n) is 9.28. The van der Waals surface area contributed by atoms with E-state index in [-0.39, 0.29) is 29.5 Å². The lowest BCUT2D eigenvalue weighted by molar-refractivity contribution is -0.121. The molecular formula is C24H33N5O4. The van der Waals surface area contributed by atoms with Crippen LogP contribution in [0, 0.1) is 0 Å². The van der Waals surface area contributed by atoms with Crippen molar-refractivity contribution in [1.82, 2.24) is 24.9 Å². The number of nitrogens with one attached hydrogen (secondary N) is 1. The number of aromatic nitrogens is 4. The quantitative estimate of drug-likeness (QED) is 0.561. The van der Waals surface area contributed by atoms with E-state index in [0.717, 1.165) is 16.6 Å². The van der Waals surface area contributed by atoms with Crippen molar-refractivity contribution in [2.45, 2.75) is 59.0 Å². The molecule has 0 atom stereocenters. The molecule has 0 aliphatic carbocycles. The molecule has 0 aliphatic rings. The first kappa shape index (κ1) is 24.3. The summed E-state index contributed by atoms with van der Waals surface area (Å²) in [5.41, 5.74) is 1.52. The normalized spacial score (nSPS) is 11.8. The molecule has 1 N–H and O–H groups in total. The predicted octanol–water partition coefficient (Wildman–Crippen LogP) is 2.85. The number of hydrogen-bond donors (Lipinski definition) is 1. The summed E-state index contributed by atoms with van der Waals surface area (Å²) in [5, 5.41) is 12.6. The van der Waals surface area contributed by atoms with Crippen molar-refractivity contribution in [2.75, 3.05) is 20.8 Å². The topological polar surface area (TPSA) is 100 Å². The summed E-state index contributed by atoms with van der Waals surface area (Å²) in [6.45, 7) is 10.2. The van der Waals surface area contributed by atoms with Crippen molar-refractivity contribution in [3.05, 3.63) is 46.0 Å².